The number of carbonyl (C=O) groups is 1. The zero-order valence-electron chi connectivity index (χ0n) is 27.5. The van der Waals surface area contributed by atoms with Crippen LogP contribution in [0.1, 0.15) is 66.1 Å². The van der Waals surface area contributed by atoms with Gasteiger partial charge in [0.25, 0.3) is 5.92 Å². The van der Waals surface area contributed by atoms with Crippen LogP contribution in [0.15, 0.2) is 61.2 Å². The van der Waals surface area contributed by atoms with Crippen molar-refractivity contribution < 1.29 is 40.6 Å². The molecule has 1 amide bonds. The molecule has 0 saturated carbocycles. The summed E-state index contributed by atoms with van der Waals surface area (Å²) >= 11 is 0. The van der Waals surface area contributed by atoms with E-state index < -0.39 is 77.1 Å². The van der Waals surface area contributed by atoms with Crippen LogP contribution in [0.4, 0.5) is 36.6 Å². The van der Waals surface area contributed by atoms with Crippen molar-refractivity contribution in [2.45, 2.75) is 62.9 Å². The summed E-state index contributed by atoms with van der Waals surface area (Å²) in [4.78, 5) is 18.4. The number of rotatable bonds is 8. The fourth-order valence-electron chi connectivity index (χ4n) is 6.31. The number of H-pyrrole nitrogens is 1. The van der Waals surface area contributed by atoms with Gasteiger partial charge in [-0.25, -0.2) is 13.8 Å². The molecule has 1 aliphatic rings. The molecule has 0 unspecified atom stereocenters. The Bertz CT molecular complexity index is 2260. The summed E-state index contributed by atoms with van der Waals surface area (Å²) in [6, 6.07) is 9.57. The van der Waals surface area contributed by atoms with E-state index in [0.717, 1.165) is 18.2 Å². The molecule has 5 aromatic rings. The van der Waals surface area contributed by atoms with Gasteiger partial charge < -0.3 is 16.2 Å². The Labute approximate surface area is 291 Å². The van der Waals surface area contributed by atoms with Crippen molar-refractivity contribution in [3.8, 4) is 23.0 Å². The molecular weight excluding hydrogens is 695 g/mol. The zero-order valence-corrected chi connectivity index (χ0v) is 27.5. The molecule has 0 aliphatic heterocycles. The number of halogens is 7. The van der Waals surface area contributed by atoms with E-state index in [-0.39, 0.29) is 29.2 Å². The number of benzene rings is 2. The minimum absolute atomic E-state index is 0.0484. The molecule has 6 rings (SSSR count). The van der Waals surface area contributed by atoms with E-state index in [2.05, 4.69) is 44.0 Å². The van der Waals surface area contributed by atoms with Crippen molar-refractivity contribution in [2.75, 3.05) is 5.73 Å². The number of nitrogens with one attached hydrogen (secondary N) is 2. The standard InChI is InChI=1S/C36H30F7N7O2/c1-4-19-16-35(39,40)32-28(19)31(36(41,42)43)49-50(32)17-27(51)46-26(14-18-12-20(37)15-21(38)13-18)30-24(9-8-22(45-30)10-11-34(2,3)52)23-6-5-7-25-29(23)47-48-33(25)44/h4-9,12-13,15,19,26,52H,1,14,16-17H2,2-3H3,(H,46,51)(H3,44,47,48)/t19-,26-/m0/s1. The number of nitrogens with two attached hydrogens (primary N) is 1. The molecule has 0 spiro atoms. The maximum atomic E-state index is 15.2. The lowest BCUT2D eigenvalue weighted by Gasteiger charge is -2.23. The summed E-state index contributed by atoms with van der Waals surface area (Å²) in [7, 11) is 0. The number of alkyl halides is 5. The number of hydrogen-bond donors (Lipinski definition) is 4. The van der Waals surface area contributed by atoms with E-state index in [9.17, 15) is 31.9 Å². The van der Waals surface area contributed by atoms with Crippen molar-refractivity contribution in [2.24, 2.45) is 0 Å². The van der Waals surface area contributed by atoms with Gasteiger partial charge in [-0.2, -0.15) is 32.1 Å². The summed E-state index contributed by atoms with van der Waals surface area (Å²) in [6.45, 7) is 5.20. The second-order valence-corrected chi connectivity index (χ2v) is 12.9. The molecule has 16 heteroatoms. The summed E-state index contributed by atoms with van der Waals surface area (Å²) in [5.74, 6) is -2.51. The topological polar surface area (TPSA) is 135 Å². The molecule has 52 heavy (non-hydrogen) atoms. The van der Waals surface area contributed by atoms with E-state index in [1.54, 1.807) is 24.3 Å². The fourth-order valence-corrected chi connectivity index (χ4v) is 6.31. The number of fused-ring (bicyclic) bond motifs is 2. The maximum Gasteiger partial charge on any atom is 0.435 e. The van der Waals surface area contributed by atoms with E-state index in [0.29, 0.717) is 32.8 Å². The van der Waals surface area contributed by atoms with Crippen molar-refractivity contribution >= 4 is 22.6 Å². The molecule has 0 fully saturated rings. The second kappa shape index (κ2) is 13.1. The van der Waals surface area contributed by atoms with Crippen molar-refractivity contribution in [3.05, 3.63) is 107 Å². The number of anilines is 1. The lowest BCUT2D eigenvalue weighted by atomic mass is 9.93. The Morgan fingerprint density at radius 3 is 2.54 bits per heavy atom. The number of nitrogen functional groups attached to an aromatic ring is 1. The summed E-state index contributed by atoms with van der Waals surface area (Å²) in [5.41, 5.74) is 2.74. The number of carbonyl (C=O) groups excluding carboxylic acids is 1. The third-order valence-electron chi connectivity index (χ3n) is 8.40. The van der Waals surface area contributed by atoms with Crippen molar-refractivity contribution in [1.82, 2.24) is 30.3 Å². The van der Waals surface area contributed by atoms with Gasteiger partial charge in [-0.1, -0.05) is 24.1 Å². The van der Waals surface area contributed by atoms with Crippen LogP contribution >= 0.6 is 0 Å². The molecule has 2 aromatic carbocycles. The monoisotopic (exact) mass is 725 g/mol. The number of allylic oxidation sites excluding steroid dienone is 1. The second-order valence-electron chi connectivity index (χ2n) is 12.9. The van der Waals surface area contributed by atoms with Gasteiger partial charge in [0.1, 0.15) is 35.2 Å². The highest BCUT2D eigenvalue weighted by molar-refractivity contribution is 5.99. The van der Waals surface area contributed by atoms with E-state index >= 15 is 8.78 Å². The molecule has 3 heterocycles. The van der Waals surface area contributed by atoms with Gasteiger partial charge in [-0.3, -0.25) is 14.6 Å². The molecule has 270 valence electrons. The van der Waals surface area contributed by atoms with Crippen LogP contribution in [-0.4, -0.2) is 41.6 Å². The number of pyridine rings is 1. The highest BCUT2D eigenvalue weighted by Gasteiger charge is 2.53. The minimum atomic E-state index is -5.11. The Balaban J connectivity index is 1.49. The first kappa shape index (κ1) is 36.1. The molecule has 9 nitrogen and oxygen atoms in total. The van der Waals surface area contributed by atoms with E-state index in [4.69, 9.17) is 5.73 Å². The normalized spacial score (nSPS) is 15.9. The lowest BCUT2D eigenvalue weighted by molar-refractivity contribution is -0.142. The third-order valence-corrected chi connectivity index (χ3v) is 8.40. The Hall–Kier alpha value is -5.69. The smallest absolute Gasteiger partial charge is 0.382 e. The van der Waals surface area contributed by atoms with Gasteiger partial charge in [0, 0.05) is 40.5 Å². The van der Waals surface area contributed by atoms with Crippen LogP contribution in [0, 0.1) is 23.5 Å². The predicted molar refractivity (Wildman–Crippen MR) is 177 cm³/mol. The number of amides is 1. The lowest BCUT2D eigenvalue weighted by Crippen LogP contribution is -2.35. The number of hydrogen-bond acceptors (Lipinski definition) is 6. The molecule has 0 saturated heterocycles. The maximum absolute atomic E-state index is 15.2. The van der Waals surface area contributed by atoms with Gasteiger partial charge in [0.05, 0.1) is 17.3 Å². The number of nitrogens with zero attached hydrogens (tertiary/aromatic N) is 4. The minimum Gasteiger partial charge on any atom is -0.382 e. The van der Waals surface area contributed by atoms with Gasteiger partial charge in [-0.15, -0.1) is 6.58 Å². The van der Waals surface area contributed by atoms with Crippen LogP contribution < -0.4 is 11.1 Å². The van der Waals surface area contributed by atoms with Gasteiger partial charge >= 0.3 is 6.18 Å². The highest BCUT2D eigenvalue weighted by atomic mass is 19.4. The largest absolute Gasteiger partial charge is 0.435 e. The predicted octanol–water partition coefficient (Wildman–Crippen LogP) is 6.69. The Morgan fingerprint density at radius 2 is 1.88 bits per heavy atom. The number of aliphatic hydroxyl groups is 1. The molecule has 3 aromatic heterocycles. The van der Waals surface area contributed by atoms with Crippen LogP contribution in [-0.2, 0) is 29.9 Å². The number of aromatic amines is 1. The van der Waals surface area contributed by atoms with Gasteiger partial charge in [0.15, 0.2) is 11.5 Å². The quantitative estimate of drug-likeness (QED) is 0.0801. The molecular formula is C36H30F7N7O2. The van der Waals surface area contributed by atoms with Crippen LogP contribution in [0.3, 0.4) is 0 Å². The zero-order chi connectivity index (χ0) is 37.7. The highest BCUT2D eigenvalue weighted by Crippen LogP contribution is 2.52. The van der Waals surface area contributed by atoms with E-state index in [1.165, 1.54) is 19.9 Å². The fraction of sp³-hybridized carbons (Fsp3) is 0.278. The first-order valence-corrected chi connectivity index (χ1v) is 15.8. The van der Waals surface area contributed by atoms with Crippen molar-refractivity contribution in [1.29, 1.82) is 0 Å². The summed E-state index contributed by atoms with van der Waals surface area (Å²) in [5, 5.41) is 23.7. The van der Waals surface area contributed by atoms with Gasteiger partial charge in [-0.05, 0) is 62.1 Å². The Morgan fingerprint density at radius 1 is 1.17 bits per heavy atom. The molecule has 0 radical (unpaired) electrons. The van der Waals surface area contributed by atoms with E-state index in [1.807, 2.05) is 0 Å². The average molecular weight is 726 g/mol. The summed E-state index contributed by atoms with van der Waals surface area (Å²) < 4.78 is 102. The number of para-hydroxylation sites is 1. The van der Waals surface area contributed by atoms with Crippen LogP contribution in [0.25, 0.3) is 22.0 Å². The average Bonchev–Trinajstić information content (AvgIpc) is 3.70. The summed E-state index contributed by atoms with van der Waals surface area (Å²) in [6.07, 6.45) is -5.46. The first-order chi connectivity index (χ1) is 24.3. The Kier molecular flexibility index (Phi) is 9.12. The molecule has 1 aliphatic carbocycles. The molecule has 2 atom stereocenters. The van der Waals surface area contributed by atoms with Gasteiger partial charge in [0.2, 0.25) is 5.91 Å². The SMILES string of the molecule is C=C[C@H]1CC(F)(F)c2c1c(C(F)(F)F)nn2CC(=O)N[C@@H](Cc1cc(F)cc(F)c1)c1nc(C#CC(C)(C)O)ccc1-c1cccc2c(N)n[nH]c12. The third kappa shape index (κ3) is 7.22. The molecule has 5 N–H and O–H groups in total. The molecule has 0 bridgehead atoms. The number of aromatic nitrogens is 5. The van der Waals surface area contributed by atoms with Crippen molar-refractivity contribution in [3.63, 3.8) is 0 Å². The van der Waals surface area contributed by atoms with Crippen LogP contribution in [0.2, 0.25) is 0 Å². The van der Waals surface area contributed by atoms with Crippen LogP contribution in [0.5, 0.6) is 0 Å². The first-order valence-electron chi connectivity index (χ1n) is 15.8.